The molecule has 212 valence electrons. The van der Waals surface area contributed by atoms with Crippen molar-refractivity contribution < 1.29 is 23.6 Å². The SMILES string of the molecule is CC(C)(C)OC(=O)NNC(=O)c1cc(-c2ccc(-c3ccc(-c4cc(CNC=O)on4)cc3)cc2)nc2ccncc12. The molecule has 0 unspecified atom stereocenters. The van der Waals surface area contributed by atoms with Gasteiger partial charge in [0.05, 0.1) is 23.3 Å². The summed E-state index contributed by atoms with van der Waals surface area (Å²) in [6.45, 7) is 5.47. The van der Waals surface area contributed by atoms with Gasteiger partial charge in [0.1, 0.15) is 11.3 Å². The first-order valence-corrected chi connectivity index (χ1v) is 13.1. The number of hydrogen-bond acceptors (Lipinski definition) is 8. The van der Waals surface area contributed by atoms with Gasteiger partial charge in [-0.1, -0.05) is 53.7 Å². The van der Waals surface area contributed by atoms with Gasteiger partial charge >= 0.3 is 6.09 Å². The molecule has 5 aromatic rings. The highest BCUT2D eigenvalue weighted by Gasteiger charge is 2.19. The topological polar surface area (TPSA) is 148 Å². The van der Waals surface area contributed by atoms with E-state index in [4.69, 9.17) is 14.2 Å². The molecule has 11 nitrogen and oxygen atoms in total. The molecule has 0 spiro atoms. The van der Waals surface area contributed by atoms with Crippen molar-refractivity contribution >= 4 is 29.3 Å². The Morgan fingerprint density at radius 3 is 2.17 bits per heavy atom. The fraction of sp³-hybridized carbons (Fsp3) is 0.161. The summed E-state index contributed by atoms with van der Waals surface area (Å²) in [4.78, 5) is 44.4. The zero-order chi connectivity index (χ0) is 29.7. The number of carbonyl (C=O) groups is 3. The second kappa shape index (κ2) is 11.9. The third-order valence-corrected chi connectivity index (χ3v) is 6.15. The summed E-state index contributed by atoms with van der Waals surface area (Å²) in [6, 6.07) is 20.9. The van der Waals surface area contributed by atoms with Crippen molar-refractivity contribution in [1.82, 2.24) is 31.3 Å². The van der Waals surface area contributed by atoms with Crippen LogP contribution in [0.15, 0.2) is 83.6 Å². The molecule has 2 aromatic carbocycles. The number of hydrazine groups is 1. The fourth-order valence-corrected chi connectivity index (χ4v) is 4.22. The Labute approximate surface area is 241 Å². The maximum Gasteiger partial charge on any atom is 0.426 e. The summed E-state index contributed by atoms with van der Waals surface area (Å²) in [6.07, 6.45) is 3.00. The lowest BCUT2D eigenvalue weighted by atomic mass is 9.99. The van der Waals surface area contributed by atoms with Crippen molar-refractivity contribution in [3.63, 3.8) is 0 Å². The van der Waals surface area contributed by atoms with Gasteiger partial charge in [0.25, 0.3) is 5.91 Å². The third kappa shape index (κ3) is 6.58. The van der Waals surface area contributed by atoms with Crippen LogP contribution in [0.2, 0.25) is 0 Å². The van der Waals surface area contributed by atoms with Crippen LogP contribution in [0.3, 0.4) is 0 Å². The number of nitrogens with one attached hydrogen (secondary N) is 3. The Morgan fingerprint density at radius 1 is 0.881 bits per heavy atom. The summed E-state index contributed by atoms with van der Waals surface area (Å²) in [5, 5.41) is 7.16. The van der Waals surface area contributed by atoms with Crippen LogP contribution in [0.1, 0.15) is 36.9 Å². The number of rotatable bonds is 7. The van der Waals surface area contributed by atoms with Gasteiger partial charge in [-0.15, -0.1) is 0 Å². The molecule has 3 amide bonds. The lowest BCUT2D eigenvalue weighted by molar-refractivity contribution is -0.109. The van der Waals surface area contributed by atoms with E-state index in [-0.39, 0.29) is 6.54 Å². The molecule has 0 saturated heterocycles. The van der Waals surface area contributed by atoms with E-state index in [1.54, 1.807) is 51.4 Å². The van der Waals surface area contributed by atoms with Crippen molar-refractivity contribution in [2.24, 2.45) is 0 Å². The number of pyridine rings is 2. The summed E-state index contributed by atoms with van der Waals surface area (Å²) in [5.41, 5.74) is 9.82. The molecule has 3 heterocycles. The molecule has 0 atom stereocenters. The molecule has 0 radical (unpaired) electrons. The smallest absolute Gasteiger partial charge is 0.426 e. The van der Waals surface area contributed by atoms with Crippen LogP contribution in [-0.4, -0.2) is 39.1 Å². The number of hydrogen-bond donors (Lipinski definition) is 3. The molecular weight excluding hydrogens is 536 g/mol. The minimum Gasteiger partial charge on any atom is -0.443 e. The number of nitrogens with zero attached hydrogens (tertiary/aromatic N) is 3. The zero-order valence-corrected chi connectivity index (χ0v) is 23.2. The van der Waals surface area contributed by atoms with Crippen molar-refractivity contribution in [3.8, 4) is 33.6 Å². The molecule has 11 heteroatoms. The van der Waals surface area contributed by atoms with E-state index in [0.717, 1.165) is 22.3 Å². The van der Waals surface area contributed by atoms with Crippen LogP contribution in [0.5, 0.6) is 0 Å². The van der Waals surface area contributed by atoms with Gasteiger partial charge in [0.15, 0.2) is 5.76 Å². The van der Waals surface area contributed by atoms with E-state index in [2.05, 4.69) is 26.3 Å². The van der Waals surface area contributed by atoms with Crippen LogP contribution in [0.4, 0.5) is 4.79 Å². The fourth-order valence-electron chi connectivity index (χ4n) is 4.22. The first-order valence-electron chi connectivity index (χ1n) is 13.1. The van der Waals surface area contributed by atoms with Gasteiger partial charge in [0, 0.05) is 35.0 Å². The largest absolute Gasteiger partial charge is 0.443 e. The molecule has 0 fully saturated rings. The molecule has 5 rings (SSSR count). The Kier molecular flexibility index (Phi) is 7.91. The number of ether oxygens (including phenoxy) is 1. The van der Waals surface area contributed by atoms with Gasteiger partial charge in [-0.2, -0.15) is 0 Å². The zero-order valence-electron chi connectivity index (χ0n) is 23.2. The summed E-state index contributed by atoms with van der Waals surface area (Å²) >= 11 is 0. The number of amides is 3. The van der Waals surface area contributed by atoms with Gasteiger partial charge < -0.3 is 14.6 Å². The Bertz CT molecular complexity index is 1740. The van der Waals surface area contributed by atoms with E-state index < -0.39 is 17.6 Å². The highest BCUT2D eigenvalue weighted by molar-refractivity contribution is 6.07. The van der Waals surface area contributed by atoms with Gasteiger partial charge in [0.2, 0.25) is 6.41 Å². The Morgan fingerprint density at radius 2 is 1.52 bits per heavy atom. The first-order chi connectivity index (χ1) is 20.2. The number of carbonyl (C=O) groups excluding carboxylic acids is 3. The van der Waals surface area contributed by atoms with Crippen molar-refractivity contribution in [3.05, 3.63) is 90.4 Å². The second-order valence-corrected chi connectivity index (χ2v) is 10.4. The molecular formula is C31H28N6O5. The lowest BCUT2D eigenvalue weighted by Gasteiger charge is -2.19. The summed E-state index contributed by atoms with van der Waals surface area (Å²) in [7, 11) is 0. The van der Waals surface area contributed by atoms with E-state index in [0.29, 0.717) is 40.0 Å². The van der Waals surface area contributed by atoms with Gasteiger partial charge in [-0.05, 0) is 44.0 Å². The van der Waals surface area contributed by atoms with Crippen LogP contribution < -0.4 is 16.2 Å². The van der Waals surface area contributed by atoms with Crippen LogP contribution in [0.25, 0.3) is 44.5 Å². The molecule has 0 aliphatic rings. The third-order valence-electron chi connectivity index (χ3n) is 6.15. The first kappa shape index (κ1) is 28.0. The molecule has 42 heavy (non-hydrogen) atoms. The number of benzene rings is 2. The average molecular weight is 565 g/mol. The Hall–Kier alpha value is -5.58. The second-order valence-electron chi connectivity index (χ2n) is 10.4. The molecule has 0 saturated carbocycles. The van der Waals surface area contributed by atoms with E-state index in [9.17, 15) is 14.4 Å². The predicted molar refractivity (Wildman–Crippen MR) is 156 cm³/mol. The van der Waals surface area contributed by atoms with E-state index >= 15 is 0 Å². The highest BCUT2D eigenvalue weighted by Crippen LogP contribution is 2.29. The average Bonchev–Trinajstić information content (AvgIpc) is 3.46. The van der Waals surface area contributed by atoms with Crippen LogP contribution in [0, 0.1) is 0 Å². The molecule has 0 aliphatic heterocycles. The van der Waals surface area contributed by atoms with Crippen LogP contribution >= 0.6 is 0 Å². The maximum atomic E-state index is 13.1. The number of aromatic nitrogens is 3. The normalized spacial score (nSPS) is 11.1. The van der Waals surface area contributed by atoms with E-state index in [1.165, 1.54) is 0 Å². The molecule has 0 aliphatic carbocycles. The molecule has 3 aromatic heterocycles. The minimum absolute atomic E-state index is 0.277. The van der Waals surface area contributed by atoms with Crippen molar-refractivity contribution in [2.75, 3.05) is 0 Å². The van der Waals surface area contributed by atoms with Crippen molar-refractivity contribution in [1.29, 1.82) is 0 Å². The Balaban J connectivity index is 1.35. The molecule has 3 N–H and O–H groups in total. The summed E-state index contributed by atoms with van der Waals surface area (Å²) < 4.78 is 10.4. The van der Waals surface area contributed by atoms with Crippen molar-refractivity contribution in [2.45, 2.75) is 32.9 Å². The maximum absolute atomic E-state index is 13.1. The quantitative estimate of drug-likeness (QED) is 0.184. The monoisotopic (exact) mass is 564 g/mol. The van der Waals surface area contributed by atoms with Gasteiger partial charge in [-0.3, -0.25) is 20.0 Å². The summed E-state index contributed by atoms with van der Waals surface area (Å²) in [5.74, 6) is 0.0359. The molecule has 0 bridgehead atoms. The number of fused-ring (bicyclic) bond motifs is 1. The van der Waals surface area contributed by atoms with Crippen LogP contribution in [-0.2, 0) is 16.1 Å². The van der Waals surface area contributed by atoms with Gasteiger partial charge in [-0.25, -0.2) is 15.2 Å². The predicted octanol–water partition coefficient (Wildman–Crippen LogP) is 5.03. The standard InChI is InChI=1S/C31H28N6O5/c1-31(2,3)41-30(40)36-35-29(39)24-15-27(34-26-12-13-32-17-25(24)26)21-8-4-19(5-9-21)20-6-10-22(11-7-20)28-14-23(42-37-28)16-33-18-38/h4-15,17-18H,16H2,1-3H3,(H,33,38)(H,35,39)(H,36,40). The van der Waals surface area contributed by atoms with E-state index in [1.807, 2.05) is 48.5 Å². The minimum atomic E-state index is -0.770. The lowest BCUT2D eigenvalue weighted by Crippen LogP contribution is -2.44. The highest BCUT2D eigenvalue weighted by atomic mass is 16.6.